The normalized spacial score (nSPS) is 11.9. The minimum absolute atomic E-state index is 0.149. The lowest BCUT2D eigenvalue weighted by Gasteiger charge is -2.10. The number of furan rings is 1. The first-order valence-corrected chi connectivity index (χ1v) is 4.89. The van der Waals surface area contributed by atoms with Gasteiger partial charge in [-0.2, -0.15) is 0 Å². The Morgan fingerprint density at radius 1 is 1.50 bits per heavy atom. The summed E-state index contributed by atoms with van der Waals surface area (Å²) in [7, 11) is 1.50. The van der Waals surface area contributed by atoms with Crippen molar-refractivity contribution in [3.63, 3.8) is 0 Å². The molecule has 0 aliphatic rings. The van der Waals surface area contributed by atoms with Gasteiger partial charge in [0.05, 0.1) is 6.54 Å². The van der Waals surface area contributed by atoms with Crippen molar-refractivity contribution in [3.05, 3.63) is 23.7 Å². The number of carbonyl (C=O) groups is 2. The highest BCUT2D eigenvalue weighted by Crippen LogP contribution is 2.06. The van der Waals surface area contributed by atoms with E-state index in [0.29, 0.717) is 5.76 Å². The third-order valence-corrected chi connectivity index (χ3v) is 2.07. The average molecular weight is 225 g/mol. The van der Waals surface area contributed by atoms with Crippen LogP contribution in [0.25, 0.3) is 0 Å². The highest BCUT2D eigenvalue weighted by atomic mass is 16.4. The van der Waals surface area contributed by atoms with Crippen molar-refractivity contribution in [2.24, 2.45) is 5.73 Å². The molecule has 1 rings (SSSR count). The number of hydrogen-bond donors (Lipinski definition) is 3. The van der Waals surface area contributed by atoms with Gasteiger partial charge in [-0.3, -0.25) is 9.59 Å². The van der Waals surface area contributed by atoms with Crippen molar-refractivity contribution < 1.29 is 14.0 Å². The minimum Gasteiger partial charge on any atom is -0.455 e. The summed E-state index contributed by atoms with van der Waals surface area (Å²) in [6, 6.07) is 2.54. The molecule has 1 atom stereocenters. The fraction of sp³-hybridized carbons (Fsp3) is 0.400. The summed E-state index contributed by atoms with van der Waals surface area (Å²) in [4.78, 5) is 22.7. The molecule has 6 heteroatoms. The van der Waals surface area contributed by atoms with Gasteiger partial charge >= 0.3 is 0 Å². The Balaban J connectivity index is 2.61. The van der Waals surface area contributed by atoms with Gasteiger partial charge in [-0.15, -0.1) is 0 Å². The van der Waals surface area contributed by atoms with Gasteiger partial charge in [0, 0.05) is 7.05 Å². The zero-order valence-electron chi connectivity index (χ0n) is 9.24. The second kappa shape index (κ2) is 5.32. The molecule has 88 valence electrons. The first-order valence-electron chi connectivity index (χ1n) is 4.89. The van der Waals surface area contributed by atoms with E-state index in [1.165, 1.54) is 13.1 Å². The first-order chi connectivity index (χ1) is 7.58. The van der Waals surface area contributed by atoms with Crippen LogP contribution in [0.1, 0.15) is 23.2 Å². The Morgan fingerprint density at radius 2 is 2.19 bits per heavy atom. The van der Waals surface area contributed by atoms with E-state index in [4.69, 9.17) is 10.2 Å². The largest absolute Gasteiger partial charge is 0.455 e. The highest BCUT2D eigenvalue weighted by molar-refractivity contribution is 5.95. The molecular formula is C10H15N3O3. The van der Waals surface area contributed by atoms with Crippen molar-refractivity contribution in [1.82, 2.24) is 10.6 Å². The Labute approximate surface area is 93.2 Å². The van der Waals surface area contributed by atoms with Gasteiger partial charge in [-0.05, 0) is 19.1 Å². The fourth-order valence-corrected chi connectivity index (χ4v) is 1.16. The number of nitrogens with one attached hydrogen (secondary N) is 2. The molecule has 16 heavy (non-hydrogen) atoms. The molecule has 0 aliphatic heterocycles. The van der Waals surface area contributed by atoms with Gasteiger partial charge < -0.3 is 20.8 Å². The predicted molar refractivity (Wildman–Crippen MR) is 57.6 cm³/mol. The standard InChI is InChI=1S/C10H15N3O3/c1-6(9(14)12-2)13-10(15)8-4-3-7(5-11)16-8/h3-4,6H,5,11H2,1-2H3,(H,12,14)(H,13,15). The fourth-order valence-electron chi connectivity index (χ4n) is 1.16. The maximum atomic E-state index is 11.6. The Kier molecular flexibility index (Phi) is 4.07. The lowest BCUT2D eigenvalue weighted by atomic mass is 10.3. The Bertz CT molecular complexity index is 386. The molecular weight excluding hydrogens is 210 g/mol. The molecule has 1 aromatic rings. The zero-order valence-corrected chi connectivity index (χ0v) is 9.24. The first kappa shape index (κ1) is 12.3. The van der Waals surface area contributed by atoms with E-state index in [1.54, 1.807) is 13.0 Å². The molecule has 0 spiro atoms. The van der Waals surface area contributed by atoms with E-state index < -0.39 is 11.9 Å². The number of hydrogen-bond acceptors (Lipinski definition) is 4. The van der Waals surface area contributed by atoms with Crippen molar-refractivity contribution in [2.45, 2.75) is 19.5 Å². The Morgan fingerprint density at radius 3 is 2.69 bits per heavy atom. The summed E-state index contributed by atoms with van der Waals surface area (Å²) in [5.41, 5.74) is 5.34. The molecule has 0 aliphatic carbocycles. The van der Waals surface area contributed by atoms with Gasteiger partial charge in [-0.1, -0.05) is 0 Å². The summed E-state index contributed by atoms with van der Waals surface area (Å²) >= 11 is 0. The van der Waals surface area contributed by atoms with Crippen molar-refractivity contribution in [2.75, 3.05) is 7.05 Å². The number of likely N-dealkylation sites (N-methyl/N-ethyl adjacent to an activating group) is 1. The SMILES string of the molecule is CNC(=O)C(C)NC(=O)c1ccc(CN)o1. The summed E-state index contributed by atoms with van der Waals surface area (Å²) in [6.07, 6.45) is 0. The molecule has 4 N–H and O–H groups in total. The summed E-state index contributed by atoms with van der Waals surface area (Å²) < 4.78 is 5.14. The molecule has 6 nitrogen and oxygen atoms in total. The molecule has 0 saturated heterocycles. The lowest BCUT2D eigenvalue weighted by Crippen LogP contribution is -2.43. The molecule has 1 unspecified atom stereocenters. The summed E-state index contributed by atoms with van der Waals surface area (Å²) in [5, 5.41) is 4.93. The quantitative estimate of drug-likeness (QED) is 0.649. The van der Waals surface area contributed by atoms with Gasteiger partial charge in [0.2, 0.25) is 5.91 Å². The molecule has 0 bridgehead atoms. The smallest absolute Gasteiger partial charge is 0.287 e. The molecule has 0 aromatic carbocycles. The number of amides is 2. The third kappa shape index (κ3) is 2.83. The van der Waals surface area contributed by atoms with Gasteiger partial charge in [0.25, 0.3) is 5.91 Å². The molecule has 0 saturated carbocycles. The molecule has 2 amide bonds. The predicted octanol–water partition coefficient (Wildman–Crippen LogP) is -0.397. The third-order valence-electron chi connectivity index (χ3n) is 2.07. The topological polar surface area (TPSA) is 97.4 Å². The minimum atomic E-state index is -0.607. The zero-order chi connectivity index (χ0) is 12.1. The monoisotopic (exact) mass is 225 g/mol. The van der Waals surface area contributed by atoms with E-state index in [-0.39, 0.29) is 18.2 Å². The van der Waals surface area contributed by atoms with E-state index >= 15 is 0 Å². The van der Waals surface area contributed by atoms with Crippen LogP contribution in [0.2, 0.25) is 0 Å². The van der Waals surface area contributed by atoms with Crippen LogP contribution < -0.4 is 16.4 Å². The maximum Gasteiger partial charge on any atom is 0.287 e. The van der Waals surface area contributed by atoms with Crippen LogP contribution in [-0.4, -0.2) is 24.9 Å². The van der Waals surface area contributed by atoms with Crippen LogP contribution in [0.3, 0.4) is 0 Å². The number of nitrogens with two attached hydrogens (primary N) is 1. The van der Waals surface area contributed by atoms with Crippen LogP contribution in [0.15, 0.2) is 16.5 Å². The maximum absolute atomic E-state index is 11.6. The Hall–Kier alpha value is -1.82. The second-order valence-electron chi connectivity index (χ2n) is 3.28. The molecule has 1 heterocycles. The van der Waals surface area contributed by atoms with E-state index in [0.717, 1.165) is 0 Å². The van der Waals surface area contributed by atoms with Crippen molar-refractivity contribution >= 4 is 11.8 Å². The van der Waals surface area contributed by atoms with Crippen LogP contribution in [0.5, 0.6) is 0 Å². The molecule has 1 aromatic heterocycles. The van der Waals surface area contributed by atoms with Crippen LogP contribution >= 0.6 is 0 Å². The number of carbonyl (C=O) groups excluding carboxylic acids is 2. The molecule has 0 radical (unpaired) electrons. The van der Waals surface area contributed by atoms with Crippen LogP contribution in [-0.2, 0) is 11.3 Å². The van der Waals surface area contributed by atoms with Gasteiger partial charge in [0.1, 0.15) is 11.8 Å². The van der Waals surface area contributed by atoms with E-state index in [2.05, 4.69) is 10.6 Å². The van der Waals surface area contributed by atoms with Crippen molar-refractivity contribution in [1.29, 1.82) is 0 Å². The van der Waals surface area contributed by atoms with Crippen LogP contribution in [0.4, 0.5) is 0 Å². The highest BCUT2D eigenvalue weighted by Gasteiger charge is 2.17. The van der Waals surface area contributed by atoms with E-state index in [9.17, 15) is 9.59 Å². The summed E-state index contributed by atoms with van der Waals surface area (Å²) in [5.74, 6) is -0.0243. The molecule has 0 fully saturated rings. The summed E-state index contributed by atoms with van der Waals surface area (Å²) in [6.45, 7) is 1.82. The van der Waals surface area contributed by atoms with Gasteiger partial charge in [-0.25, -0.2) is 0 Å². The van der Waals surface area contributed by atoms with E-state index in [1.807, 2.05) is 0 Å². The number of rotatable bonds is 4. The lowest BCUT2D eigenvalue weighted by molar-refractivity contribution is -0.122. The van der Waals surface area contributed by atoms with Gasteiger partial charge in [0.15, 0.2) is 5.76 Å². The van der Waals surface area contributed by atoms with Crippen molar-refractivity contribution in [3.8, 4) is 0 Å². The van der Waals surface area contributed by atoms with Crippen LogP contribution in [0, 0.1) is 0 Å². The average Bonchev–Trinajstić information content (AvgIpc) is 2.76. The second-order valence-corrected chi connectivity index (χ2v) is 3.28.